The molecule has 142 valence electrons. The monoisotopic (exact) mass is 373 g/mol. The highest BCUT2D eigenvalue weighted by molar-refractivity contribution is 5.85. The van der Waals surface area contributed by atoms with Crippen LogP contribution in [0.2, 0.25) is 0 Å². The molecule has 9 heteroatoms. The zero-order chi connectivity index (χ0) is 16.7. The molecule has 0 aromatic carbocycles. The summed E-state index contributed by atoms with van der Waals surface area (Å²) in [6.45, 7) is 2.62. The molecule has 0 aromatic rings. The van der Waals surface area contributed by atoms with E-state index in [4.69, 9.17) is 0 Å². The zero-order valence-electron chi connectivity index (χ0n) is 13.7. The van der Waals surface area contributed by atoms with E-state index < -0.39 is 12.8 Å². The molecule has 0 aliphatic carbocycles. The van der Waals surface area contributed by atoms with Crippen LogP contribution in [0.1, 0.15) is 25.7 Å². The number of amides is 1. The molecule has 2 saturated heterocycles. The van der Waals surface area contributed by atoms with Crippen molar-refractivity contribution in [3.05, 3.63) is 0 Å². The molecule has 2 fully saturated rings. The number of halogens is 4. The van der Waals surface area contributed by atoms with Crippen molar-refractivity contribution in [2.24, 2.45) is 5.92 Å². The molecule has 0 radical (unpaired) electrons. The van der Waals surface area contributed by atoms with Crippen LogP contribution in [0.3, 0.4) is 0 Å². The van der Waals surface area contributed by atoms with E-state index in [0.717, 1.165) is 45.3 Å². The van der Waals surface area contributed by atoms with E-state index in [1.807, 2.05) is 0 Å². The quantitative estimate of drug-likeness (QED) is 0.665. The predicted molar refractivity (Wildman–Crippen MR) is 87.3 cm³/mol. The maximum atomic E-state index is 12.0. The lowest BCUT2D eigenvalue weighted by Gasteiger charge is -2.32. The first-order valence-electron chi connectivity index (χ1n) is 8.32. The van der Waals surface area contributed by atoms with Crippen molar-refractivity contribution in [2.45, 2.75) is 37.9 Å². The van der Waals surface area contributed by atoms with Gasteiger partial charge in [-0.1, -0.05) is 0 Å². The van der Waals surface area contributed by atoms with Crippen molar-refractivity contribution in [1.29, 1.82) is 0 Å². The van der Waals surface area contributed by atoms with Crippen molar-refractivity contribution < 1.29 is 22.7 Å². The lowest BCUT2D eigenvalue weighted by molar-refractivity contribution is -0.174. The molecule has 24 heavy (non-hydrogen) atoms. The van der Waals surface area contributed by atoms with Gasteiger partial charge in [-0.05, 0) is 44.7 Å². The largest absolute Gasteiger partial charge is 0.411 e. The molecular weight excluding hydrogens is 347 g/mol. The van der Waals surface area contributed by atoms with E-state index in [9.17, 15) is 18.0 Å². The lowest BCUT2D eigenvalue weighted by atomic mass is 9.98. The number of hydrogen-bond acceptors (Lipinski definition) is 4. The summed E-state index contributed by atoms with van der Waals surface area (Å²) in [4.78, 5) is 14.1. The van der Waals surface area contributed by atoms with Crippen LogP contribution in [0.25, 0.3) is 0 Å². The second kappa shape index (κ2) is 10.4. The number of likely N-dealkylation sites (tertiary alicyclic amines) is 1. The molecule has 2 N–H and O–H groups in total. The predicted octanol–water partition coefficient (Wildman–Crippen LogP) is 1.57. The Morgan fingerprint density at radius 2 is 2.08 bits per heavy atom. The van der Waals surface area contributed by atoms with Crippen molar-refractivity contribution >= 4 is 18.3 Å². The number of hydrogen-bond donors (Lipinski definition) is 2. The van der Waals surface area contributed by atoms with Crippen molar-refractivity contribution in [3.8, 4) is 0 Å². The van der Waals surface area contributed by atoms with Gasteiger partial charge in [-0.15, -0.1) is 12.4 Å². The highest BCUT2D eigenvalue weighted by Crippen LogP contribution is 2.17. The normalized spacial score (nSPS) is 25.3. The number of nitrogens with zero attached hydrogens (tertiary/aromatic N) is 1. The standard InChI is InChI=1S/C15H26F3N3O2.ClH/c16-15(17,18)11-23-8-7-21-6-2-3-12(10-21)9-20-14(22)13-4-1-5-19-13;/h12-13,19H,1-11H2,(H,20,22);1H. The molecule has 2 aliphatic rings. The van der Waals surface area contributed by atoms with E-state index >= 15 is 0 Å². The van der Waals surface area contributed by atoms with Crippen LogP contribution in [-0.4, -0.2) is 69.0 Å². The number of ether oxygens (including phenoxy) is 1. The number of carbonyl (C=O) groups excluding carboxylic acids is 1. The van der Waals surface area contributed by atoms with Crippen LogP contribution < -0.4 is 10.6 Å². The van der Waals surface area contributed by atoms with Crippen molar-refractivity contribution in [1.82, 2.24) is 15.5 Å². The van der Waals surface area contributed by atoms with Gasteiger partial charge in [0.15, 0.2) is 0 Å². The maximum absolute atomic E-state index is 12.0. The van der Waals surface area contributed by atoms with Crippen LogP contribution in [0.5, 0.6) is 0 Å². The minimum absolute atomic E-state index is 0. The Labute approximate surface area is 147 Å². The summed E-state index contributed by atoms with van der Waals surface area (Å²) < 4.78 is 40.7. The van der Waals surface area contributed by atoms with Crippen LogP contribution in [0.4, 0.5) is 13.2 Å². The average Bonchev–Trinajstić information content (AvgIpc) is 3.03. The first kappa shape index (κ1) is 21.5. The van der Waals surface area contributed by atoms with E-state index in [0.29, 0.717) is 19.0 Å². The minimum Gasteiger partial charge on any atom is -0.371 e. The molecular formula is C15H27ClF3N3O2. The number of rotatable bonds is 7. The van der Waals surface area contributed by atoms with E-state index in [1.165, 1.54) is 0 Å². The van der Waals surface area contributed by atoms with Gasteiger partial charge in [0, 0.05) is 19.6 Å². The molecule has 0 aromatic heterocycles. The highest BCUT2D eigenvalue weighted by Gasteiger charge is 2.28. The average molecular weight is 374 g/mol. The molecule has 5 nitrogen and oxygen atoms in total. The third-order valence-corrected chi connectivity index (χ3v) is 4.36. The van der Waals surface area contributed by atoms with Gasteiger partial charge < -0.3 is 20.3 Å². The summed E-state index contributed by atoms with van der Waals surface area (Å²) in [5.74, 6) is 0.421. The van der Waals surface area contributed by atoms with Gasteiger partial charge in [0.05, 0.1) is 12.6 Å². The lowest BCUT2D eigenvalue weighted by Crippen LogP contribution is -2.46. The number of alkyl halides is 3. The van der Waals surface area contributed by atoms with Gasteiger partial charge in [0.25, 0.3) is 0 Å². The highest BCUT2D eigenvalue weighted by atomic mass is 35.5. The molecule has 0 saturated carbocycles. The van der Waals surface area contributed by atoms with Gasteiger partial charge in [0.2, 0.25) is 5.91 Å². The van der Waals surface area contributed by atoms with E-state index in [-0.39, 0.29) is 31.0 Å². The third-order valence-electron chi connectivity index (χ3n) is 4.36. The Morgan fingerprint density at radius 1 is 1.29 bits per heavy atom. The molecule has 2 rings (SSSR count). The maximum Gasteiger partial charge on any atom is 0.411 e. The Bertz CT molecular complexity index is 379. The first-order valence-corrected chi connectivity index (χ1v) is 8.32. The fourth-order valence-electron chi connectivity index (χ4n) is 3.18. The number of nitrogens with one attached hydrogen (secondary N) is 2. The zero-order valence-corrected chi connectivity index (χ0v) is 14.6. The van der Waals surface area contributed by atoms with Crippen LogP contribution in [-0.2, 0) is 9.53 Å². The van der Waals surface area contributed by atoms with Crippen molar-refractivity contribution in [3.63, 3.8) is 0 Å². The second-order valence-electron chi connectivity index (χ2n) is 6.37. The summed E-state index contributed by atoms with van der Waals surface area (Å²) in [6, 6.07) is -0.0644. The Balaban J connectivity index is 0.00000288. The number of carbonyl (C=O) groups is 1. The smallest absolute Gasteiger partial charge is 0.371 e. The van der Waals surface area contributed by atoms with E-state index in [2.05, 4.69) is 20.3 Å². The molecule has 0 spiro atoms. The van der Waals surface area contributed by atoms with Gasteiger partial charge in [-0.2, -0.15) is 13.2 Å². The molecule has 2 unspecified atom stereocenters. The summed E-state index contributed by atoms with van der Waals surface area (Å²) in [5.41, 5.74) is 0. The second-order valence-corrected chi connectivity index (χ2v) is 6.37. The molecule has 2 heterocycles. The SMILES string of the molecule is Cl.O=C(NCC1CCCN(CCOCC(F)(F)F)C1)C1CCCN1. The first-order chi connectivity index (χ1) is 10.9. The summed E-state index contributed by atoms with van der Waals surface area (Å²) >= 11 is 0. The summed E-state index contributed by atoms with van der Waals surface area (Å²) in [6.07, 6.45) is -0.296. The fraction of sp³-hybridized carbons (Fsp3) is 0.933. The minimum atomic E-state index is -4.26. The van der Waals surface area contributed by atoms with E-state index in [1.54, 1.807) is 0 Å². The molecule has 2 aliphatic heterocycles. The van der Waals surface area contributed by atoms with Gasteiger partial charge >= 0.3 is 6.18 Å². The fourth-order valence-corrected chi connectivity index (χ4v) is 3.18. The van der Waals surface area contributed by atoms with Gasteiger partial charge in [-0.3, -0.25) is 4.79 Å². The van der Waals surface area contributed by atoms with Gasteiger partial charge in [-0.25, -0.2) is 0 Å². The Hall–Kier alpha value is -0.570. The van der Waals surface area contributed by atoms with Crippen LogP contribution in [0, 0.1) is 5.92 Å². The Kier molecular flexibility index (Phi) is 9.33. The topological polar surface area (TPSA) is 53.6 Å². The van der Waals surface area contributed by atoms with Crippen molar-refractivity contribution in [2.75, 3.05) is 45.9 Å². The number of piperidine rings is 1. The molecule has 2 atom stereocenters. The summed E-state index contributed by atoms with van der Waals surface area (Å²) in [5, 5.41) is 6.16. The van der Waals surface area contributed by atoms with Crippen LogP contribution >= 0.6 is 12.4 Å². The Morgan fingerprint density at radius 3 is 2.75 bits per heavy atom. The van der Waals surface area contributed by atoms with Gasteiger partial charge in [0.1, 0.15) is 6.61 Å². The third kappa shape index (κ3) is 8.00. The molecule has 0 bridgehead atoms. The van der Waals surface area contributed by atoms with Crippen LogP contribution in [0.15, 0.2) is 0 Å². The summed E-state index contributed by atoms with van der Waals surface area (Å²) in [7, 11) is 0. The molecule has 1 amide bonds.